The molecule has 1 saturated heterocycles. The third-order valence-corrected chi connectivity index (χ3v) is 3.46. The zero-order valence-corrected chi connectivity index (χ0v) is 10.6. The lowest BCUT2D eigenvalue weighted by atomic mass is 10.1. The monoisotopic (exact) mass is 214 g/mol. The summed E-state index contributed by atoms with van der Waals surface area (Å²) in [5.74, 6) is 0. The minimum atomic E-state index is 0.336. The number of methoxy groups -OCH3 is 1. The summed E-state index contributed by atoms with van der Waals surface area (Å²) < 4.78 is 5.35. The quantitative estimate of drug-likeness (QED) is 0.767. The number of ether oxygens (including phenoxy) is 1. The second kappa shape index (κ2) is 6.46. The smallest absolute Gasteiger partial charge is 0.0670 e. The molecule has 3 atom stereocenters. The van der Waals surface area contributed by atoms with Crippen LogP contribution in [-0.2, 0) is 4.74 Å². The maximum absolute atomic E-state index is 5.35. The van der Waals surface area contributed by atoms with Crippen LogP contribution >= 0.6 is 0 Å². The molecule has 0 aromatic carbocycles. The largest absolute Gasteiger partial charge is 0.380 e. The van der Waals surface area contributed by atoms with E-state index in [2.05, 4.69) is 31.0 Å². The number of nitrogens with one attached hydrogen (secondary N) is 1. The summed E-state index contributed by atoms with van der Waals surface area (Å²) in [4.78, 5) is 2.56. The molecule has 0 aromatic rings. The van der Waals surface area contributed by atoms with Crippen LogP contribution in [0.15, 0.2) is 0 Å². The maximum Gasteiger partial charge on any atom is 0.0670 e. The molecule has 3 unspecified atom stereocenters. The molecule has 1 rings (SSSR count). The van der Waals surface area contributed by atoms with Crippen LogP contribution in [0.5, 0.6) is 0 Å². The maximum atomic E-state index is 5.35. The van der Waals surface area contributed by atoms with Gasteiger partial charge in [-0.15, -0.1) is 0 Å². The van der Waals surface area contributed by atoms with Crippen molar-refractivity contribution in [3.63, 3.8) is 0 Å². The summed E-state index contributed by atoms with van der Waals surface area (Å²) in [6, 6.07) is 1.32. The van der Waals surface area contributed by atoms with Crippen LogP contribution < -0.4 is 5.32 Å². The van der Waals surface area contributed by atoms with Crippen molar-refractivity contribution in [1.29, 1.82) is 0 Å². The van der Waals surface area contributed by atoms with Gasteiger partial charge in [0.05, 0.1) is 6.10 Å². The standard InChI is InChI=1S/C12H26N2O/c1-5-12-9-14(8-11(3)15-4)10(2)6-7-13-12/h10-13H,5-9H2,1-4H3. The fourth-order valence-electron chi connectivity index (χ4n) is 2.14. The van der Waals surface area contributed by atoms with E-state index < -0.39 is 0 Å². The van der Waals surface area contributed by atoms with Crippen LogP contribution in [0, 0.1) is 0 Å². The molecule has 1 heterocycles. The number of nitrogens with zero attached hydrogens (tertiary/aromatic N) is 1. The molecule has 0 spiro atoms. The average Bonchev–Trinajstić information content (AvgIpc) is 2.41. The fourth-order valence-corrected chi connectivity index (χ4v) is 2.14. The lowest BCUT2D eigenvalue weighted by molar-refractivity contribution is 0.0618. The second-order valence-electron chi connectivity index (χ2n) is 4.70. The minimum Gasteiger partial charge on any atom is -0.380 e. The molecule has 0 bridgehead atoms. The lowest BCUT2D eigenvalue weighted by Crippen LogP contribution is -2.43. The van der Waals surface area contributed by atoms with Crippen LogP contribution in [0.25, 0.3) is 0 Å². The summed E-state index contributed by atoms with van der Waals surface area (Å²) in [6.45, 7) is 10.1. The first-order valence-electron chi connectivity index (χ1n) is 6.17. The Kier molecular flexibility index (Phi) is 5.58. The minimum absolute atomic E-state index is 0.336. The first-order chi connectivity index (χ1) is 7.17. The summed E-state index contributed by atoms with van der Waals surface area (Å²) >= 11 is 0. The van der Waals surface area contributed by atoms with E-state index in [1.165, 1.54) is 12.8 Å². The third kappa shape index (κ3) is 4.09. The van der Waals surface area contributed by atoms with Crippen molar-refractivity contribution in [3.05, 3.63) is 0 Å². The zero-order chi connectivity index (χ0) is 11.3. The molecular weight excluding hydrogens is 188 g/mol. The van der Waals surface area contributed by atoms with E-state index in [4.69, 9.17) is 4.74 Å². The van der Waals surface area contributed by atoms with Crippen LogP contribution in [0.2, 0.25) is 0 Å². The first-order valence-corrected chi connectivity index (χ1v) is 6.17. The van der Waals surface area contributed by atoms with Gasteiger partial charge in [-0.25, -0.2) is 0 Å². The molecule has 1 aliphatic rings. The molecule has 1 aliphatic heterocycles. The van der Waals surface area contributed by atoms with Gasteiger partial charge in [-0.2, -0.15) is 0 Å². The van der Waals surface area contributed by atoms with Gasteiger partial charge in [0.25, 0.3) is 0 Å². The van der Waals surface area contributed by atoms with Gasteiger partial charge >= 0.3 is 0 Å². The van der Waals surface area contributed by atoms with E-state index in [-0.39, 0.29) is 0 Å². The van der Waals surface area contributed by atoms with Crippen LogP contribution in [0.3, 0.4) is 0 Å². The molecule has 0 aliphatic carbocycles. The van der Waals surface area contributed by atoms with E-state index in [1.807, 2.05) is 0 Å². The Hall–Kier alpha value is -0.120. The topological polar surface area (TPSA) is 24.5 Å². The van der Waals surface area contributed by atoms with Crippen molar-refractivity contribution in [2.75, 3.05) is 26.7 Å². The number of rotatable bonds is 4. The summed E-state index contributed by atoms with van der Waals surface area (Å²) in [5, 5.41) is 3.60. The number of hydrogen-bond acceptors (Lipinski definition) is 3. The Morgan fingerprint density at radius 2 is 2.27 bits per heavy atom. The van der Waals surface area contributed by atoms with Gasteiger partial charge in [0.1, 0.15) is 0 Å². The molecule has 0 aromatic heterocycles. The summed E-state index contributed by atoms with van der Waals surface area (Å²) in [7, 11) is 1.79. The fraction of sp³-hybridized carbons (Fsp3) is 1.00. The van der Waals surface area contributed by atoms with Gasteiger partial charge in [0, 0.05) is 32.3 Å². The Bertz CT molecular complexity index is 175. The molecule has 3 nitrogen and oxygen atoms in total. The Morgan fingerprint density at radius 3 is 2.87 bits per heavy atom. The van der Waals surface area contributed by atoms with E-state index in [0.717, 1.165) is 19.6 Å². The highest BCUT2D eigenvalue weighted by Crippen LogP contribution is 2.11. The van der Waals surface area contributed by atoms with Crippen molar-refractivity contribution in [1.82, 2.24) is 10.2 Å². The van der Waals surface area contributed by atoms with Crippen molar-refractivity contribution >= 4 is 0 Å². The van der Waals surface area contributed by atoms with E-state index in [9.17, 15) is 0 Å². The normalized spacial score (nSPS) is 31.2. The SMILES string of the molecule is CCC1CN(CC(C)OC)C(C)CCN1. The van der Waals surface area contributed by atoms with Gasteiger partial charge < -0.3 is 10.1 Å². The van der Waals surface area contributed by atoms with Gasteiger partial charge in [-0.05, 0) is 33.2 Å². The molecule has 3 heteroatoms. The molecule has 0 amide bonds. The zero-order valence-electron chi connectivity index (χ0n) is 10.6. The summed E-state index contributed by atoms with van der Waals surface area (Å²) in [5.41, 5.74) is 0. The van der Waals surface area contributed by atoms with Crippen molar-refractivity contribution in [3.8, 4) is 0 Å². The van der Waals surface area contributed by atoms with Gasteiger partial charge in [0.15, 0.2) is 0 Å². The molecule has 1 N–H and O–H groups in total. The van der Waals surface area contributed by atoms with E-state index >= 15 is 0 Å². The number of hydrogen-bond donors (Lipinski definition) is 1. The molecule has 1 fully saturated rings. The van der Waals surface area contributed by atoms with Gasteiger partial charge in [0.2, 0.25) is 0 Å². The van der Waals surface area contributed by atoms with Crippen LogP contribution in [-0.4, -0.2) is 49.8 Å². The van der Waals surface area contributed by atoms with Crippen LogP contribution in [0.4, 0.5) is 0 Å². The van der Waals surface area contributed by atoms with E-state index in [0.29, 0.717) is 18.2 Å². The van der Waals surface area contributed by atoms with E-state index in [1.54, 1.807) is 7.11 Å². The third-order valence-electron chi connectivity index (χ3n) is 3.46. The molecule has 0 radical (unpaired) electrons. The highest BCUT2D eigenvalue weighted by atomic mass is 16.5. The van der Waals surface area contributed by atoms with Crippen molar-refractivity contribution in [2.24, 2.45) is 0 Å². The molecule has 90 valence electrons. The average molecular weight is 214 g/mol. The predicted molar refractivity (Wildman–Crippen MR) is 64.2 cm³/mol. The molecular formula is C12H26N2O. The highest BCUT2D eigenvalue weighted by molar-refractivity contribution is 4.81. The summed E-state index contributed by atoms with van der Waals surface area (Å²) in [6.07, 6.45) is 2.79. The van der Waals surface area contributed by atoms with Crippen LogP contribution in [0.1, 0.15) is 33.6 Å². The van der Waals surface area contributed by atoms with Crippen molar-refractivity contribution in [2.45, 2.75) is 51.8 Å². The Labute approximate surface area is 94.2 Å². The van der Waals surface area contributed by atoms with Gasteiger partial charge in [-0.1, -0.05) is 6.92 Å². The van der Waals surface area contributed by atoms with Crippen molar-refractivity contribution < 1.29 is 4.74 Å². The highest BCUT2D eigenvalue weighted by Gasteiger charge is 2.22. The van der Waals surface area contributed by atoms with Gasteiger partial charge in [-0.3, -0.25) is 4.90 Å². The molecule has 0 saturated carbocycles. The Balaban J connectivity index is 2.49. The lowest BCUT2D eigenvalue weighted by Gasteiger charge is -2.30. The molecule has 15 heavy (non-hydrogen) atoms. The first kappa shape index (κ1) is 12.9. The predicted octanol–water partition coefficient (Wildman–Crippen LogP) is 1.48. The Morgan fingerprint density at radius 1 is 1.53 bits per heavy atom. The second-order valence-corrected chi connectivity index (χ2v) is 4.70.